The third-order valence-corrected chi connectivity index (χ3v) is 6.81. The van der Waals surface area contributed by atoms with Crippen LogP contribution in [0.15, 0.2) is 65.6 Å². The predicted molar refractivity (Wildman–Crippen MR) is 121 cm³/mol. The molecule has 0 atom stereocenters. The second kappa shape index (κ2) is 8.52. The van der Waals surface area contributed by atoms with E-state index in [0.717, 1.165) is 29.0 Å². The predicted octanol–water partition coefficient (Wildman–Crippen LogP) is 5.33. The largest absolute Gasteiger partial charge is 0.323 e. The lowest BCUT2D eigenvalue weighted by Gasteiger charge is -2.08. The molecule has 2 amide bonds. The van der Waals surface area contributed by atoms with Crippen molar-refractivity contribution in [3.8, 4) is 0 Å². The number of sulfonamides is 1. The fourth-order valence-electron chi connectivity index (χ4n) is 2.82. The molecular formula is C21H16F2N4O3S2. The van der Waals surface area contributed by atoms with Crippen molar-refractivity contribution in [3.05, 3.63) is 77.9 Å². The van der Waals surface area contributed by atoms with Crippen molar-refractivity contribution in [1.82, 2.24) is 4.98 Å². The number of nitrogens with one attached hydrogen (secondary N) is 3. The van der Waals surface area contributed by atoms with E-state index in [2.05, 4.69) is 20.3 Å². The van der Waals surface area contributed by atoms with E-state index in [9.17, 15) is 22.0 Å². The lowest BCUT2D eigenvalue weighted by atomic mass is 10.2. The number of thiazole rings is 1. The van der Waals surface area contributed by atoms with E-state index in [-0.39, 0.29) is 15.7 Å². The van der Waals surface area contributed by atoms with E-state index >= 15 is 0 Å². The van der Waals surface area contributed by atoms with E-state index in [1.54, 1.807) is 30.3 Å². The molecule has 4 aromatic rings. The molecule has 1 heterocycles. The summed E-state index contributed by atoms with van der Waals surface area (Å²) < 4.78 is 54.9. The fourth-order valence-corrected chi connectivity index (χ4v) is 4.90. The highest BCUT2D eigenvalue weighted by molar-refractivity contribution is 7.93. The molecule has 32 heavy (non-hydrogen) atoms. The Labute approximate surface area is 186 Å². The molecule has 0 bridgehead atoms. The second-order valence-electron chi connectivity index (χ2n) is 6.82. The Balaban J connectivity index is 1.49. The van der Waals surface area contributed by atoms with Crippen molar-refractivity contribution in [1.29, 1.82) is 0 Å². The number of halogens is 2. The van der Waals surface area contributed by atoms with Gasteiger partial charge in [0.1, 0.15) is 11.6 Å². The number of rotatable bonds is 5. The Bertz CT molecular complexity index is 1420. The number of hydrogen-bond donors (Lipinski definition) is 3. The molecule has 0 aliphatic carbocycles. The zero-order valence-electron chi connectivity index (χ0n) is 16.5. The van der Waals surface area contributed by atoms with Gasteiger partial charge in [-0.15, -0.1) is 0 Å². The molecule has 3 N–H and O–H groups in total. The van der Waals surface area contributed by atoms with Crippen molar-refractivity contribution in [2.75, 3.05) is 15.4 Å². The normalized spacial score (nSPS) is 11.3. The van der Waals surface area contributed by atoms with Crippen LogP contribution in [0.2, 0.25) is 0 Å². The van der Waals surface area contributed by atoms with Gasteiger partial charge in [-0.1, -0.05) is 29.0 Å². The quantitative estimate of drug-likeness (QED) is 0.364. The van der Waals surface area contributed by atoms with E-state index < -0.39 is 27.7 Å². The average Bonchev–Trinajstić information content (AvgIpc) is 3.11. The van der Waals surface area contributed by atoms with Crippen LogP contribution in [0.5, 0.6) is 0 Å². The van der Waals surface area contributed by atoms with Gasteiger partial charge < -0.3 is 10.6 Å². The molecule has 0 saturated heterocycles. The van der Waals surface area contributed by atoms with Crippen LogP contribution in [0, 0.1) is 18.6 Å². The second-order valence-corrected chi connectivity index (χ2v) is 9.54. The van der Waals surface area contributed by atoms with Crippen LogP contribution in [0.3, 0.4) is 0 Å². The summed E-state index contributed by atoms with van der Waals surface area (Å²) >= 11 is 1.14. The maximum Gasteiger partial charge on any atom is 0.323 e. The first-order chi connectivity index (χ1) is 15.2. The molecule has 1 aromatic heterocycles. The smallest absolute Gasteiger partial charge is 0.308 e. The molecule has 11 heteroatoms. The van der Waals surface area contributed by atoms with Gasteiger partial charge in [0.25, 0.3) is 10.0 Å². The summed E-state index contributed by atoms with van der Waals surface area (Å²) in [7, 11) is -3.79. The highest BCUT2D eigenvalue weighted by atomic mass is 32.2. The number of amides is 2. The van der Waals surface area contributed by atoms with Gasteiger partial charge in [-0.2, -0.15) is 0 Å². The van der Waals surface area contributed by atoms with Gasteiger partial charge in [-0.25, -0.2) is 27.0 Å². The van der Waals surface area contributed by atoms with Crippen LogP contribution in [-0.4, -0.2) is 19.4 Å². The number of anilines is 3. The zero-order chi connectivity index (χ0) is 22.9. The summed E-state index contributed by atoms with van der Waals surface area (Å²) in [6.07, 6.45) is 0. The van der Waals surface area contributed by atoms with Gasteiger partial charge >= 0.3 is 6.03 Å². The Morgan fingerprint density at radius 3 is 2.44 bits per heavy atom. The molecular weight excluding hydrogens is 458 g/mol. The van der Waals surface area contributed by atoms with Gasteiger partial charge in [-0.3, -0.25) is 4.72 Å². The van der Waals surface area contributed by atoms with Crippen molar-refractivity contribution in [2.45, 2.75) is 11.8 Å². The minimum Gasteiger partial charge on any atom is -0.308 e. The van der Waals surface area contributed by atoms with E-state index in [0.29, 0.717) is 22.0 Å². The molecule has 0 aliphatic rings. The number of nitrogens with zero attached hydrogens (tertiary/aromatic N) is 1. The van der Waals surface area contributed by atoms with E-state index in [1.807, 2.05) is 6.92 Å². The summed E-state index contributed by atoms with van der Waals surface area (Å²) in [5, 5.41) is 5.00. The monoisotopic (exact) mass is 474 g/mol. The van der Waals surface area contributed by atoms with Gasteiger partial charge in [-0.05, 0) is 49.4 Å². The molecule has 0 unspecified atom stereocenters. The number of carbonyl (C=O) groups excluding carboxylic acids is 1. The highest BCUT2D eigenvalue weighted by Crippen LogP contribution is 2.30. The Morgan fingerprint density at radius 1 is 0.969 bits per heavy atom. The van der Waals surface area contributed by atoms with Gasteiger partial charge in [0.15, 0.2) is 5.13 Å². The van der Waals surface area contributed by atoms with Gasteiger partial charge in [0, 0.05) is 11.8 Å². The standard InChI is InChI=1S/C21H16F2N4O3S2/c1-12-2-6-15(7-3-12)32(29,30)27-21-26-18-11-14(5-9-19(18)31-21)24-20(28)25-17-8-4-13(22)10-16(17)23/h2-11H,1H3,(H,26,27)(H2,24,25,28). The molecule has 0 radical (unpaired) electrons. The first kappa shape index (κ1) is 21.7. The van der Waals surface area contributed by atoms with E-state index in [4.69, 9.17) is 0 Å². The molecule has 7 nitrogen and oxygen atoms in total. The van der Waals surface area contributed by atoms with Crippen LogP contribution in [-0.2, 0) is 10.0 Å². The van der Waals surface area contributed by atoms with Crippen molar-refractivity contribution in [3.63, 3.8) is 0 Å². The topological polar surface area (TPSA) is 100 Å². The van der Waals surface area contributed by atoms with Gasteiger partial charge in [0.2, 0.25) is 0 Å². The molecule has 0 aliphatic heterocycles. The molecule has 164 valence electrons. The minimum atomic E-state index is -3.79. The van der Waals surface area contributed by atoms with Gasteiger partial charge in [0.05, 0.1) is 20.8 Å². The maximum atomic E-state index is 13.7. The first-order valence-electron chi connectivity index (χ1n) is 9.23. The van der Waals surface area contributed by atoms with Crippen molar-refractivity contribution < 1.29 is 22.0 Å². The van der Waals surface area contributed by atoms with Crippen molar-refractivity contribution in [2.24, 2.45) is 0 Å². The number of aromatic nitrogens is 1. The van der Waals surface area contributed by atoms with E-state index in [1.165, 1.54) is 12.1 Å². The molecule has 3 aromatic carbocycles. The number of aryl methyl sites for hydroxylation is 1. The van der Waals surface area contributed by atoms with Crippen LogP contribution in [0.1, 0.15) is 5.56 Å². The maximum absolute atomic E-state index is 13.7. The summed E-state index contributed by atoms with van der Waals surface area (Å²) in [5.41, 5.74) is 1.58. The number of carbonyl (C=O) groups is 1. The number of benzene rings is 3. The summed E-state index contributed by atoms with van der Waals surface area (Å²) in [5.74, 6) is -1.66. The fraction of sp³-hybridized carbons (Fsp3) is 0.0476. The molecule has 0 spiro atoms. The Hall–Kier alpha value is -3.57. The van der Waals surface area contributed by atoms with Crippen LogP contribution >= 0.6 is 11.3 Å². The third-order valence-electron chi connectivity index (χ3n) is 4.38. The Kier molecular flexibility index (Phi) is 5.76. The SMILES string of the molecule is Cc1ccc(S(=O)(=O)Nc2nc3cc(NC(=O)Nc4ccc(F)cc4F)ccc3s2)cc1. The third kappa shape index (κ3) is 4.84. The summed E-state index contributed by atoms with van der Waals surface area (Å²) in [6, 6.07) is 13.3. The summed E-state index contributed by atoms with van der Waals surface area (Å²) in [4.78, 5) is 16.5. The van der Waals surface area contributed by atoms with Crippen LogP contribution in [0.25, 0.3) is 10.2 Å². The zero-order valence-corrected chi connectivity index (χ0v) is 18.2. The molecule has 4 rings (SSSR count). The van der Waals surface area contributed by atoms with Crippen molar-refractivity contribution >= 4 is 54.1 Å². The molecule has 0 fully saturated rings. The Morgan fingerprint density at radius 2 is 1.72 bits per heavy atom. The first-order valence-corrected chi connectivity index (χ1v) is 11.5. The highest BCUT2D eigenvalue weighted by Gasteiger charge is 2.17. The number of fused-ring (bicyclic) bond motifs is 1. The lowest BCUT2D eigenvalue weighted by molar-refractivity contribution is 0.262. The number of urea groups is 1. The molecule has 0 saturated carbocycles. The lowest BCUT2D eigenvalue weighted by Crippen LogP contribution is -2.20. The summed E-state index contributed by atoms with van der Waals surface area (Å²) in [6.45, 7) is 1.86. The van der Waals surface area contributed by atoms with Crippen LogP contribution < -0.4 is 15.4 Å². The average molecular weight is 475 g/mol. The minimum absolute atomic E-state index is 0.120. The van der Waals surface area contributed by atoms with Crippen LogP contribution in [0.4, 0.5) is 30.1 Å². The number of hydrogen-bond acceptors (Lipinski definition) is 5.